The van der Waals surface area contributed by atoms with Crippen LogP contribution < -0.4 is 20.7 Å². The van der Waals surface area contributed by atoms with E-state index in [1.54, 1.807) is 0 Å². The van der Waals surface area contributed by atoms with E-state index in [1.807, 2.05) is 12.1 Å². The third-order valence-electron chi connectivity index (χ3n) is 8.33. The van der Waals surface area contributed by atoms with Crippen LogP contribution in [0, 0.1) is 22.7 Å². The zero-order chi connectivity index (χ0) is 30.6. The molecule has 0 heterocycles. The van der Waals surface area contributed by atoms with Crippen LogP contribution in [0.25, 0.3) is 0 Å². The molecule has 0 amide bonds. The predicted molar refractivity (Wildman–Crippen MR) is 181 cm³/mol. The molecule has 0 N–H and O–H groups in total. The molecule has 0 bridgehead atoms. The van der Waals surface area contributed by atoms with Gasteiger partial charge in [0.2, 0.25) is 0 Å². The van der Waals surface area contributed by atoms with Gasteiger partial charge in [0.25, 0.3) is 18.1 Å². The zero-order valence-electron chi connectivity index (χ0n) is 26.3. The standard InChI is InChI=1S/C38H44O3Si2/c1-37(2,3)35(40-42(28-19-11-7-12-20-28)29-21-13-8-14-22-29)32-27-33(39)34(32)36(38(4,5)6)41-43(30-23-15-9-16-24-30)31-25-17-10-18-26-31/h7-26,32,34-36H,27H2,1-6H3/t32-,34+,35?,36?/m1/s1. The van der Waals surface area contributed by atoms with Gasteiger partial charge in [-0.3, -0.25) is 4.79 Å². The highest BCUT2D eigenvalue weighted by atomic mass is 28.3. The fraction of sp³-hybridized carbons (Fsp3) is 0.342. The van der Waals surface area contributed by atoms with Gasteiger partial charge in [0.15, 0.2) is 0 Å². The zero-order valence-corrected chi connectivity index (χ0v) is 28.3. The lowest BCUT2D eigenvalue weighted by atomic mass is 9.59. The Kier molecular flexibility index (Phi) is 9.67. The first-order valence-corrected chi connectivity index (χ1v) is 18.2. The molecule has 0 aromatic heterocycles. The second kappa shape index (κ2) is 13.3. The lowest BCUT2D eigenvalue weighted by Crippen LogP contribution is -2.62. The SMILES string of the molecule is CC(C)(C)C(O[Si](c1ccccc1)c1ccccc1)[C@@H]1CC(=O)[C@H]1C(O[Si](c1ccccc1)c1ccccc1)C(C)(C)C. The van der Waals surface area contributed by atoms with E-state index in [9.17, 15) is 4.79 Å². The number of ketones is 1. The van der Waals surface area contributed by atoms with Crippen molar-refractivity contribution < 1.29 is 13.6 Å². The Labute approximate surface area is 261 Å². The molecule has 5 rings (SSSR count). The number of hydrogen-bond donors (Lipinski definition) is 0. The molecule has 3 nitrogen and oxygen atoms in total. The molecular formula is C38H44O3Si2. The van der Waals surface area contributed by atoms with Crippen LogP contribution in [0.3, 0.4) is 0 Å². The first kappa shape index (κ1) is 31.3. The summed E-state index contributed by atoms with van der Waals surface area (Å²) >= 11 is 0. The number of benzene rings is 4. The molecule has 1 aliphatic carbocycles. The summed E-state index contributed by atoms with van der Waals surface area (Å²) in [6, 6.07) is 42.3. The second-order valence-corrected chi connectivity index (χ2v) is 17.9. The highest BCUT2D eigenvalue weighted by Gasteiger charge is 2.55. The summed E-state index contributed by atoms with van der Waals surface area (Å²) < 4.78 is 14.6. The Morgan fingerprint density at radius 1 is 0.535 bits per heavy atom. The monoisotopic (exact) mass is 604 g/mol. The predicted octanol–water partition coefficient (Wildman–Crippen LogP) is 5.67. The smallest absolute Gasteiger partial charge is 0.283 e. The topological polar surface area (TPSA) is 35.5 Å². The first-order chi connectivity index (χ1) is 20.5. The van der Waals surface area contributed by atoms with Crippen LogP contribution in [0.15, 0.2) is 121 Å². The molecule has 0 spiro atoms. The number of carbonyl (C=O) groups excluding carboxylic acids is 1. The molecule has 5 heteroatoms. The molecule has 222 valence electrons. The van der Waals surface area contributed by atoms with E-state index in [2.05, 4.69) is 151 Å². The highest BCUT2D eigenvalue weighted by molar-refractivity contribution is 6.80. The normalized spacial score (nSPS) is 18.8. The van der Waals surface area contributed by atoms with E-state index in [0.29, 0.717) is 12.2 Å². The van der Waals surface area contributed by atoms with E-state index in [4.69, 9.17) is 8.85 Å². The minimum atomic E-state index is -1.60. The maximum atomic E-state index is 13.7. The molecule has 1 saturated carbocycles. The molecule has 1 aliphatic rings. The summed E-state index contributed by atoms with van der Waals surface area (Å²) in [6.45, 7) is 13.4. The maximum absolute atomic E-state index is 13.7. The highest BCUT2D eigenvalue weighted by Crippen LogP contribution is 2.48. The van der Waals surface area contributed by atoms with Crippen LogP contribution in [0.2, 0.25) is 0 Å². The fourth-order valence-electron chi connectivity index (χ4n) is 6.18. The molecule has 1 fully saturated rings. The van der Waals surface area contributed by atoms with Gasteiger partial charge in [-0.05, 0) is 31.6 Å². The Balaban J connectivity index is 1.51. The van der Waals surface area contributed by atoms with Crippen molar-refractivity contribution in [2.75, 3.05) is 0 Å². The Morgan fingerprint density at radius 3 is 1.12 bits per heavy atom. The third-order valence-corrected chi connectivity index (χ3v) is 12.7. The van der Waals surface area contributed by atoms with Gasteiger partial charge in [0, 0.05) is 18.3 Å². The van der Waals surface area contributed by atoms with E-state index >= 15 is 0 Å². The van der Waals surface area contributed by atoms with E-state index in [1.165, 1.54) is 20.7 Å². The lowest BCUT2D eigenvalue weighted by Gasteiger charge is -2.52. The van der Waals surface area contributed by atoms with E-state index < -0.39 is 18.1 Å². The third kappa shape index (κ3) is 7.35. The van der Waals surface area contributed by atoms with Crippen molar-refractivity contribution in [1.29, 1.82) is 0 Å². The van der Waals surface area contributed by atoms with Crippen molar-refractivity contribution in [2.24, 2.45) is 22.7 Å². The average Bonchev–Trinajstić information content (AvgIpc) is 2.99. The summed E-state index contributed by atoms with van der Waals surface area (Å²) in [4.78, 5) is 13.7. The molecule has 4 aromatic rings. The molecule has 2 radical (unpaired) electrons. The molecular weight excluding hydrogens is 561 g/mol. The van der Waals surface area contributed by atoms with Crippen molar-refractivity contribution in [2.45, 2.75) is 60.2 Å². The van der Waals surface area contributed by atoms with E-state index in [-0.39, 0.29) is 34.9 Å². The van der Waals surface area contributed by atoms with Crippen molar-refractivity contribution in [3.63, 3.8) is 0 Å². The Hall–Kier alpha value is -3.10. The first-order valence-electron chi connectivity index (χ1n) is 15.4. The quantitative estimate of drug-likeness (QED) is 0.219. The number of Topliss-reactive ketones (excluding diaryl/α,β-unsaturated/α-hetero) is 1. The number of carbonyl (C=O) groups is 1. The summed E-state index contributed by atoms with van der Waals surface area (Å²) in [5.74, 6) is 0.129. The van der Waals surface area contributed by atoms with Crippen LogP contribution in [0.5, 0.6) is 0 Å². The Morgan fingerprint density at radius 2 is 0.837 bits per heavy atom. The Bertz CT molecular complexity index is 1370. The lowest BCUT2D eigenvalue weighted by molar-refractivity contribution is -0.155. The fourth-order valence-corrected chi connectivity index (χ4v) is 10.9. The van der Waals surface area contributed by atoms with Gasteiger partial charge in [-0.25, -0.2) is 0 Å². The van der Waals surface area contributed by atoms with E-state index in [0.717, 1.165) is 0 Å². The van der Waals surface area contributed by atoms with Crippen LogP contribution in [0.4, 0.5) is 0 Å². The van der Waals surface area contributed by atoms with Gasteiger partial charge in [0.05, 0.1) is 12.2 Å². The van der Waals surface area contributed by atoms with Gasteiger partial charge in [-0.1, -0.05) is 163 Å². The summed E-state index contributed by atoms with van der Waals surface area (Å²) in [7, 11) is -3.16. The van der Waals surface area contributed by atoms with Crippen LogP contribution in [-0.2, 0) is 13.6 Å². The molecule has 4 aromatic carbocycles. The van der Waals surface area contributed by atoms with Crippen LogP contribution in [0.1, 0.15) is 48.0 Å². The van der Waals surface area contributed by atoms with Gasteiger partial charge in [0.1, 0.15) is 5.78 Å². The van der Waals surface area contributed by atoms with Gasteiger partial charge in [-0.15, -0.1) is 0 Å². The van der Waals surface area contributed by atoms with Crippen molar-refractivity contribution in [3.8, 4) is 0 Å². The molecule has 43 heavy (non-hydrogen) atoms. The van der Waals surface area contributed by atoms with Gasteiger partial charge < -0.3 is 8.85 Å². The average molecular weight is 605 g/mol. The molecule has 2 unspecified atom stereocenters. The van der Waals surface area contributed by atoms with Crippen molar-refractivity contribution in [1.82, 2.24) is 0 Å². The minimum absolute atomic E-state index is 0.0685. The van der Waals surface area contributed by atoms with Crippen LogP contribution >= 0.6 is 0 Å². The molecule has 0 saturated heterocycles. The largest absolute Gasteiger partial charge is 0.403 e. The summed E-state index contributed by atoms with van der Waals surface area (Å²) in [5, 5.41) is 4.83. The van der Waals surface area contributed by atoms with Crippen molar-refractivity contribution >= 4 is 44.6 Å². The summed E-state index contributed by atoms with van der Waals surface area (Å²) in [5.41, 5.74) is -0.411. The second-order valence-electron chi connectivity index (χ2n) is 13.8. The number of rotatable bonds is 10. The minimum Gasteiger partial charge on any atom is -0.403 e. The molecule has 4 atom stereocenters. The summed E-state index contributed by atoms with van der Waals surface area (Å²) in [6.07, 6.45) is 0.174. The van der Waals surface area contributed by atoms with Gasteiger partial charge >= 0.3 is 0 Å². The van der Waals surface area contributed by atoms with Crippen LogP contribution in [-0.4, -0.2) is 36.1 Å². The molecule has 0 aliphatic heterocycles. The van der Waals surface area contributed by atoms with Gasteiger partial charge in [-0.2, -0.15) is 0 Å². The number of hydrogen-bond acceptors (Lipinski definition) is 3. The maximum Gasteiger partial charge on any atom is 0.283 e. The van der Waals surface area contributed by atoms with Crippen molar-refractivity contribution in [3.05, 3.63) is 121 Å².